The number of carbonyl (C=O) groups is 2. The van der Waals surface area contributed by atoms with Crippen LogP contribution in [0.25, 0.3) is 0 Å². The van der Waals surface area contributed by atoms with Crippen molar-refractivity contribution in [2.45, 2.75) is 31.6 Å². The van der Waals surface area contributed by atoms with E-state index in [4.69, 9.17) is 27.9 Å². The van der Waals surface area contributed by atoms with Gasteiger partial charge in [0.25, 0.3) is 5.91 Å². The lowest BCUT2D eigenvalue weighted by Gasteiger charge is -2.34. The number of halogens is 2. The molecule has 0 aromatic heterocycles. The summed E-state index contributed by atoms with van der Waals surface area (Å²) in [7, 11) is 0. The van der Waals surface area contributed by atoms with Crippen molar-refractivity contribution in [3.63, 3.8) is 0 Å². The quantitative estimate of drug-likeness (QED) is 0.382. The van der Waals surface area contributed by atoms with E-state index in [0.29, 0.717) is 35.3 Å². The Kier molecular flexibility index (Phi) is 9.42. The second-order valence-electron chi connectivity index (χ2n) is 10.3. The van der Waals surface area contributed by atoms with E-state index in [-0.39, 0.29) is 11.7 Å². The van der Waals surface area contributed by atoms with Gasteiger partial charge in [-0.1, -0.05) is 59.6 Å². The van der Waals surface area contributed by atoms with Crippen LogP contribution in [0.3, 0.4) is 0 Å². The number of benzene rings is 2. The first-order valence-electron chi connectivity index (χ1n) is 13.7. The van der Waals surface area contributed by atoms with Crippen molar-refractivity contribution >= 4 is 34.9 Å². The van der Waals surface area contributed by atoms with Gasteiger partial charge in [-0.05, 0) is 73.7 Å². The SMILES string of the molecule is O=C1C=CC=C(C2=CN(CCN3CCC(c4ccccc4C(=O)NCCc4ccc(Cl)c(Cl)c4)CC3)C=CO2)C1. The highest BCUT2D eigenvalue weighted by atomic mass is 35.5. The molecule has 1 aliphatic carbocycles. The number of carbonyl (C=O) groups excluding carboxylic acids is 2. The number of amides is 1. The first kappa shape index (κ1) is 28.2. The van der Waals surface area contributed by atoms with E-state index in [1.54, 1.807) is 24.5 Å². The van der Waals surface area contributed by atoms with Crippen molar-refractivity contribution in [1.29, 1.82) is 0 Å². The minimum Gasteiger partial charge on any atom is -0.462 e. The van der Waals surface area contributed by atoms with Crippen LogP contribution in [0.1, 0.15) is 46.7 Å². The van der Waals surface area contributed by atoms with Gasteiger partial charge in [-0.3, -0.25) is 9.59 Å². The van der Waals surface area contributed by atoms with Gasteiger partial charge in [0.05, 0.1) is 10.0 Å². The smallest absolute Gasteiger partial charge is 0.251 e. The Hall–Kier alpha value is -3.32. The van der Waals surface area contributed by atoms with Gasteiger partial charge in [-0.2, -0.15) is 0 Å². The maximum Gasteiger partial charge on any atom is 0.251 e. The Morgan fingerprint density at radius 1 is 1.05 bits per heavy atom. The summed E-state index contributed by atoms with van der Waals surface area (Å²) in [6.07, 6.45) is 13.9. The molecular weight excluding hydrogens is 545 g/mol. The van der Waals surface area contributed by atoms with Crippen LogP contribution < -0.4 is 5.32 Å². The van der Waals surface area contributed by atoms with E-state index in [2.05, 4.69) is 21.2 Å². The van der Waals surface area contributed by atoms with Crippen LogP contribution in [-0.4, -0.2) is 54.2 Å². The van der Waals surface area contributed by atoms with Crippen LogP contribution in [0.4, 0.5) is 0 Å². The van der Waals surface area contributed by atoms with Gasteiger partial charge in [-0.15, -0.1) is 0 Å². The Morgan fingerprint density at radius 2 is 1.88 bits per heavy atom. The zero-order valence-electron chi connectivity index (χ0n) is 22.3. The fraction of sp³-hybridized carbons (Fsp3) is 0.312. The van der Waals surface area contributed by atoms with Crippen molar-refractivity contribution in [3.05, 3.63) is 117 Å². The highest BCUT2D eigenvalue weighted by Crippen LogP contribution is 2.31. The molecule has 2 aromatic carbocycles. The summed E-state index contributed by atoms with van der Waals surface area (Å²) < 4.78 is 5.67. The lowest BCUT2D eigenvalue weighted by molar-refractivity contribution is -0.114. The monoisotopic (exact) mass is 577 g/mol. The largest absolute Gasteiger partial charge is 0.462 e. The molecule has 3 aliphatic rings. The molecule has 208 valence electrons. The van der Waals surface area contributed by atoms with Gasteiger partial charge >= 0.3 is 0 Å². The lowest BCUT2D eigenvalue weighted by Crippen LogP contribution is -2.38. The molecule has 40 heavy (non-hydrogen) atoms. The van der Waals surface area contributed by atoms with E-state index < -0.39 is 0 Å². The summed E-state index contributed by atoms with van der Waals surface area (Å²) in [5, 5.41) is 4.13. The number of piperidine rings is 1. The van der Waals surface area contributed by atoms with Gasteiger partial charge in [0.1, 0.15) is 12.0 Å². The average Bonchev–Trinajstić information content (AvgIpc) is 2.98. The maximum atomic E-state index is 13.1. The number of rotatable bonds is 9. The number of allylic oxidation sites excluding steroid dienone is 4. The van der Waals surface area contributed by atoms with Gasteiger partial charge < -0.3 is 19.9 Å². The van der Waals surface area contributed by atoms with Gasteiger partial charge in [0, 0.05) is 49.6 Å². The van der Waals surface area contributed by atoms with E-state index in [1.165, 1.54) is 0 Å². The molecular formula is C32H33Cl2N3O3. The minimum atomic E-state index is -0.0370. The second-order valence-corrected chi connectivity index (χ2v) is 11.1. The fourth-order valence-corrected chi connectivity index (χ4v) is 5.67. The highest BCUT2D eigenvalue weighted by Gasteiger charge is 2.24. The van der Waals surface area contributed by atoms with Crippen LogP contribution in [0, 0.1) is 0 Å². The molecule has 1 amide bonds. The minimum absolute atomic E-state index is 0.0370. The highest BCUT2D eigenvalue weighted by molar-refractivity contribution is 6.42. The molecule has 5 rings (SSSR count). The second kappa shape index (κ2) is 13.4. The number of ether oxygens (including phenoxy) is 1. The van der Waals surface area contributed by atoms with E-state index >= 15 is 0 Å². The van der Waals surface area contributed by atoms with Crippen molar-refractivity contribution in [2.24, 2.45) is 0 Å². The molecule has 2 heterocycles. The Balaban J connectivity index is 1.11. The molecule has 8 heteroatoms. The third kappa shape index (κ3) is 7.25. The number of hydrogen-bond acceptors (Lipinski definition) is 5. The Bertz CT molecular complexity index is 1370. The number of likely N-dealkylation sites (tertiary alicyclic amines) is 1. The molecule has 1 fully saturated rings. The zero-order valence-corrected chi connectivity index (χ0v) is 23.8. The normalized spacial score (nSPS) is 17.9. The first-order valence-corrected chi connectivity index (χ1v) is 14.5. The molecule has 1 N–H and O–H groups in total. The summed E-state index contributed by atoms with van der Waals surface area (Å²) in [6, 6.07) is 13.5. The Morgan fingerprint density at radius 3 is 2.67 bits per heavy atom. The van der Waals surface area contributed by atoms with Crippen LogP contribution >= 0.6 is 23.2 Å². The maximum absolute atomic E-state index is 13.1. The summed E-state index contributed by atoms with van der Waals surface area (Å²) in [5.41, 5.74) is 3.83. The molecule has 2 aromatic rings. The molecule has 6 nitrogen and oxygen atoms in total. The summed E-state index contributed by atoms with van der Waals surface area (Å²) in [6.45, 7) is 4.25. The predicted molar refractivity (Wildman–Crippen MR) is 159 cm³/mol. The number of nitrogens with one attached hydrogen (secondary N) is 1. The molecule has 0 bridgehead atoms. The topological polar surface area (TPSA) is 61.9 Å². The van der Waals surface area contributed by atoms with Crippen LogP contribution in [-0.2, 0) is 16.0 Å². The van der Waals surface area contributed by atoms with E-state index in [1.807, 2.05) is 48.8 Å². The van der Waals surface area contributed by atoms with Gasteiger partial charge in [0.2, 0.25) is 0 Å². The third-order valence-electron chi connectivity index (χ3n) is 7.58. The standard InChI is InChI=1S/C32H33Cl2N3O3/c33-29-9-8-23(20-30(29)34)10-13-35-32(39)28-7-2-1-6-27(28)24-11-14-36(15-12-24)16-17-37-18-19-40-31(22-37)25-4-3-5-26(38)21-25/h1-9,18-20,22,24H,10-17,21H2,(H,35,39). The number of hydrogen-bond donors (Lipinski definition) is 1. The van der Waals surface area contributed by atoms with Crippen LogP contribution in [0.2, 0.25) is 10.0 Å². The third-order valence-corrected chi connectivity index (χ3v) is 8.32. The summed E-state index contributed by atoms with van der Waals surface area (Å²) >= 11 is 12.1. The van der Waals surface area contributed by atoms with Gasteiger partial charge in [0.15, 0.2) is 5.78 Å². The first-order chi connectivity index (χ1) is 19.5. The fourth-order valence-electron chi connectivity index (χ4n) is 5.35. The molecule has 0 unspecified atom stereocenters. The zero-order chi connectivity index (χ0) is 27.9. The molecule has 0 atom stereocenters. The molecule has 0 saturated carbocycles. The molecule has 1 saturated heterocycles. The molecule has 0 radical (unpaired) electrons. The summed E-state index contributed by atoms with van der Waals surface area (Å²) in [4.78, 5) is 29.4. The van der Waals surface area contributed by atoms with Crippen LogP contribution in [0.15, 0.2) is 90.7 Å². The Labute approximate surface area is 245 Å². The van der Waals surface area contributed by atoms with Crippen LogP contribution in [0.5, 0.6) is 0 Å². The molecule has 2 aliphatic heterocycles. The average molecular weight is 579 g/mol. The van der Waals surface area contributed by atoms with E-state index in [0.717, 1.165) is 67.0 Å². The van der Waals surface area contributed by atoms with Crippen molar-refractivity contribution in [1.82, 2.24) is 15.1 Å². The van der Waals surface area contributed by atoms with Crippen molar-refractivity contribution in [2.75, 3.05) is 32.7 Å². The predicted octanol–water partition coefficient (Wildman–Crippen LogP) is 6.25. The van der Waals surface area contributed by atoms with E-state index in [9.17, 15) is 9.59 Å². The lowest BCUT2D eigenvalue weighted by atomic mass is 9.86. The van der Waals surface area contributed by atoms with Crippen molar-refractivity contribution in [3.8, 4) is 0 Å². The molecule has 0 spiro atoms. The van der Waals surface area contributed by atoms with Crippen molar-refractivity contribution < 1.29 is 14.3 Å². The van der Waals surface area contributed by atoms with Gasteiger partial charge in [-0.25, -0.2) is 0 Å². The number of ketones is 1. The number of nitrogens with zero attached hydrogens (tertiary/aromatic N) is 2. The summed E-state index contributed by atoms with van der Waals surface area (Å²) in [5.74, 6) is 1.14.